The van der Waals surface area contributed by atoms with Gasteiger partial charge in [0.05, 0.1) is 5.92 Å². The fourth-order valence-electron chi connectivity index (χ4n) is 3.70. The highest BCUT2D eigenvalue weighted by molar-refractivity contribution is 6.04. The number of aromatic nitrogens is 1. The quantitative estimate of drug-likeness (QED) is 0.695. The van der Waals surface area contributed by atoms with Crippen molar-refractivity contribution in [3.8, 4) is 0 Å². The Morgan fingerprint density at radius 2 is 2.07 bits per heavy atom. The van der Waals surface area contributed by atoms with E-state index in [1.807, 2.05) is 50.2 Å². The first-order valence-corrected chi connectivity index (χ1v) is 10.1. The SMILES string of the molecule is CCc1ccccc1N1CC(C(=O)Nc2ccc3oc(C(C)C)nc3c2)CC1=O. The minimum absolute atomic E-state index is 0.0143. The summed E-state index contributed by atoms with van der Waals surface area (Å²) in [5.41, 5.74) is 4.09. The second kappa shape index (κ2) is 7.70. The van der Waals surface area contributed by atoms with Gasteiger partial charge in [-0.1, -0.05) is 39.0 Å². The zero-order valence-electron chi connectivity index (χ0n) is 16.9. The van der Waals surface area contributed by atoms with Gasteiger partial charge in [-0.25, -0.2) is 4.98 Å². The summed E-state index contributed by atoms with van der Waals surface area (Å²) < 4.78 is 5.71. The summed E-state index contributed by atoms with van der Waals surface area (Å²) in [5, 5.41) is 2.94. The van der Waals surface area contributed by atoms with E-state index in [1.54, 1.807) is 11.0 Å². The molecule has 1 N–H and O–H groups in total. The molecule has 6 heteroatoms. The maximum atomic E-state index is 12.8. The molecule has 3 aromatic rings. The summed E-state index contributed by atoms with van der Waals surface area (Å²) >= 11 is 0. The average Bonchev–Trinajstić information content (AvgIpc) is 3.31. The maximum Gasteiger partial charge on any atom is 0.229 e. The van der Waals surface area contributed by atoms with E-state index >= 15 is 0 Å². The van der Waals surface area contributed by atoms with Gasteiger partial charge in [0.1, 0.15) is 5.52 Å². The number of aryl methyl sites for hydroxylation is 1. The minimum Gasteiger partial charge on any atom is -0.440 e. The number of anilines is 2. The fraction of sp³-hybridized carbons (Fsp3) is 0.348. The molecule has 29 heavy (non-hydrogen) atoms. The standard InChI is InChI=1S/C23H25N3O3/c1-4-15-7-5-6-8-19(15)26-13-16(11-21(26)27)22(28)24-17-9-10-20-18(12-17)25-23(29-20)14(2)3/h5-10,12,14,16H,4,11,13H2,1-3H3,(H,24,28). The van der Waals surface area contributed by atoms with E-state index in [0.29, 0.717) is 29.2 Å². The van der Waals surface area contributed by atoms with Crippen LogP contribution in [0.15, 0.2) is 46.9 Å². The Hall–Kier alpha value is -3.15. The predicted molar refractivity (Wildman–Crippen MR) is 113 cm³/mol. The van der Waals surface area contributed by atoms with Gasteiger partial charge in [0.2, 0.25) is 11.8 Å². The third-order valence-corrected chi connectivity index (χ3v) is 5.32. The summed E-state index contributed by atoms with van der Waals surface area (Å²) in [6, 6.07) is 13.3. The van der Waals surface area contributed by atoms with E-state index in [1.165, 1.54) is 0 Å². The lowest BCUT2D eigenvalue weighted by Gasteiger charge is -2.20. The minimum atomic E-state index is -0.383. The van der Waals surface area contributed by atoms with E-state index in [2.05, 4.69) is 17.2 Å². The first-order chi connectivity index (χ1) is 14.0. The monoisotopic (exact) mass is 391 g/mol. The molecular weight excluding hydrogens is 366 g/mol. The molecule has 1 aliphatic rings. The van der Waals surface area contributed by atoms with Crippen molar-refractivity contribution >= 4 is 34.3 Å². The molecule has 0 saturated carbocycles. The zero-order chi connectivity index (χ0) is 20.5. The number of fused-ring (bicyclic) bond motifs is 1. The van der Waals surface area contributed by atoms with E-state index in [4.69, 9.17) is 4.42 Å². The van der Waals surface area contributed by atoms with Crippen molar-refractivity contribution in [3.05, 3.63) is 53.9 Å². The second-order valence-corrected chi connectivity index (χ2v) is 7.77. The maximum absolute atomic E-state index is 12.8. The van der Waals surface area contributed by atoms with Crippen LogP contribution in [0.5, 0.6) is 0 Å². The van der Waals surface area contributed by atoms with E-state index < -0.39 is 0 Å². The number of hydrogen-bond acceptors (Lipinski definition) is 4. The van der Waals surface area contributed by atoms with Crippen molar-refractivity contribution in [2.75, 3.05) is 16.8 Å². The Kier molecular flexibility index (Phi) is 5.09. The molecule has 4 rings (SSSR count). The molecule has 6 nitrogen and oxygen atoms in total. The van der Waals surface area contributed by atoms with E-state index in [9.17, 15) is 9.59 Å². The van der Waals surface area contributed by atoms with Crippen LogP contribution in [0.2, 0.25) is 0 Å². The van der Waals surface area contributed by atoms with Crippen LogP contribution < -0.4 is 10.2 Å². The lowest BCUT2D eigenvalue weighted by molar-refractivity contribution is -0.122. The number of carbonyl (C=O) groups is 2. The zero-order valence-corrected chi connectivity index (χ0v) is 16.9. The summed E-state index contributed by atoms with van der Waals surface area (Å²) in [6.45, 7) is 6.50. The molecule has 0 spiro atoms. The number of nitrogens with zero attached hydrogens (tertiary/aromatic N) is 2. The highest BCUT2D eigenvalue weighted by atomic mass is 16.3. The van der Waals surface area contributed by atoms with Gasteiger partial charge in [-0.2, -0.15) is 0 Å². The van der Waals surface area contributed by atoms with Crippen molar-refractivity contribution in [2.24, 2.45) is 5.92 Å². The summed E-state index contributed by atoms with van der Waals surface area (Å²) in [4.78, 5) is 31.6. The summed E-state index contributed by atoms with van der Waals surface area (Å²) in [5.74, 6) is 0.324. The average molecular weight is 391 g/mol. The van der Waals surface area contributed by atoms with Gasteiger partial charge in [-0.3, -0.25) is 9.59 Å². The van der Waals surface area contributed by atoms with Crippen LogP contribution in [0.1, 0.15) is 44.6 Å². The Bertz CT molecular complexity index is 1070. The van der Waals surface area contributed by atoms with Crippen molar-refractivity contribution in [3.63, 3.8) is 0 Å². The molecule has 0 aliphatic carbocycles. The molecule has 0 bridgehead atoms. The normalized spacial score (nSPS) is 16.8. The third-order valence-electron chi connectivity index (χ3n) is 5.32. The van der Waals surface area contributed by atoms with E-state index in [0.717, 1.165) is 17.7 Å². The van der Waals surface area contributed by atoms with Crippen LogP contribution in [0.3, 0.4) is 0 Å². The van der Waals surface area contributed by atoms with Gasteiger partial charge in [-0.15, -0.1) is 0 Å². The number of carbonyl (C=O) groups excluding carboxylic acids is 2. The van der Waals surface area contributed by atoms with Crippen LogP contribution in [0, 0.1) is 5.92 Å². The number of amides is 2. The Morgan fingerprint density at radius 1 is 1.28 bits per heavy atom. The number of para-hydroxylation sites is 1. The molecule has 2 aromatic carbocycles. The van der Waals surface area contributed by atoms with Crippen molar-refractivity contribution < 1.29 is 14.0 Å². The van der Waals surface area contributed by atoms with Gasteiger partial charge >= 0.3 is 0 Å². The van der Waals surface area contributed by atoms with Crippen LogP contribution in [-0.2, 0) is 16.0 Å². The first kappa shape index (κ1) is 19.2. The van der Waals surface area contributed by atoms with Crippen LogP contribution >= 0.6 is 0 Å². The highest BCUT2D eigenvalue weighted by Gasteiger charge is 2.35. The topological polar surface area (TPSA) is 75.4 Å². The molecule has 1 fully saturated rings. The van der Waals surface area contributed by atoms with Crippen LogP contribution in [0.4, 0.5) is 11.4 Å². The first-order valence-electron chi connectivity index (χ1n) is 10.1. The Balaban J connectivity index is 1.49. The summed E-state index contributed by atoms with van der Waals surface area (Å²) in [6.07, 6.45) is 1.06. The van der Waals surface area contributed by atoms with Gasteiger partial charge in [0, 0.05) is 30.3 Å². The van der Waals surface area contributed by atoms with E-state index in [-0.39, 0.29) is 30.1 Å². The molecule has 1 unspecified atom stereocenters. The van der Waals surface area contributed by atoms with Crippen LogP contribution in [-0.4, -0.2) is 23.3 Å². The largest absolute Gasteiger partial charge is 0.440 e. The molecule has 0 radical (unpaired) electrons. The molecule has 1 atom stereocenters. The van der Waals surface area contributed by atoms with Crippen molar-refractivity contribution in [1.82, 2.24) is 4.98 Å². The number of nitrogens with one attached hydrogen (secondary N) is 1. The fourth-order valence-corrected chi connectivity index (χ4v) is 3.70. The van der Waals surface area contributed by atoms with Crippen molar-refractivity contribution in [2.45, 2.75) is 39.5 Å². The lowest BCUT2D eigenvalue weighted by Crippen LogP contribution is -2.28. The number of rotatable bonds is 5. The number of oxazole rings is 1. The Morgan fingerprint density at radius 3 is 2.83 bits per heavy atom. The molecule has 1 saturated heterocycles. The van der Waals surface area contributed by atoms with Gasteiger partial charge in [-0.05, 0) is 36.2 Å². The number of benzene rings is 2. The highest BCUT2D eigenvalue weighted by Crippen LogP contribution is 2.30. The molecule has 150 valence electrons. The van der Waals surface area contributed by atoms with Gasteiger partial charge in [0.15, 0.2) is 11.5 Å². The van der Waals surface area contributed by atoms with Crippen LogP contribution in [0.25, 0.3) is 11.1 Å². The molecule has 1 aromatic heterocycles. The second-order valence-electron chi connectivity index (χ2n) is 7.77. The smallest absolute Gasteiger partial charge is 0.229 e. The Labute approximate surface area is 169 Å². The predicted octanol–water partition coefficient (Wildman–Crippen LogP) is 4.51. The third kappa shape index (κ3) is 3.75. The van der Waals surface area contributed by atoms with Gasteiger partial charge < -0.3 is 14.6 Å². The van der Waals surface area contributed by atoms with Crippen molar-refractivity contribution in [1.29, 1.82) is 0 Å². The summed E-state index contributed by atoms with van der Waals surface area (Å²) in [7, 11) is 0. The van der Waals surface area contributed by atoms with Gasteiger partial charge in [0.25, 0.3) is 0 Å². The molecule has 2 heterocycles. The molecule has 1 aliphatic heterocycles. The lowest BCUT2D eigenvalue weighted by atomic mass is 10.1. The molecule has 2 amide bonds. The number of hydrogen-bond donors (Lipinski definition) is 1. The molecular formula is C23H25N3O3.